The summed E-state index contributed by atoms with van der Waals surface area (Å²) in [5, 5.41) is 8.96. The maximum atomic E-state index is 12.4. The van der Waals surface area contributed by atoms with E-state index in [0.29, 0.717) is 17.7 Å². The van der Waals surface area contributed by atoms with Crippen LogP contribution in [0.15, 0.2) is 54.6 Å². The minimum Gasteiger partial charge on any atom is -0.494 e. The molecule has 0 fully saturated rings. The molecule has 0 aliphatic carbocycles. The quantitative estimate of drug-likeness (QED) is 0.380. The number of ketones is 1. The Labute approximate surface area is 154 Å². The van der Waals surface area contributed by atoms with Crippen molar-refractivity contribution in [3.8, 4) is 5.75 Å². The number of benzene rings is 2. The smallest absolute Gasteiger partial charge is 0.307 e. The van der Waals surface area contributed by atoms with Crippen molar-refractivity contribution in [2.75, 3.05) is 6.61 Å². The van der Waals surface area contributed by atoms with Crippen LogP contribution in [-0.4, -0.2) is 23.5 Å². The Morgan fingerprint density at radius 2 is 1.77 bits per heavy atom. The number of hydrogen-bond donors (Lipinski definition) is 1. The molecule has 2 aromatic carbocycles. The Kier molecular flexibility index (Phi) is 7.62. The summed E-state index contributed by atoms with van der Waals surface area (Å²) in [6, 6.07) is 14.3. The largest absolute Gasteiger partial charge is 0.494 e. The Hall–Kier alpha value is -2.88. The van der Waals surface area contributed by atoms with E-state index in [1.165, 1.54) is 6.08 Å². The van der Waals surface area contributed by atoms with Crippen LogP contribution in [-0.2, 0) is 11.2 Å². The van der Waals surface area contributed by atoms with Crippen LogP contribution < -0.4 is 4.74 Å². The van der Waals surface area contributed by atoms with Gasteiger partial charge in [-0.05, 0) is 35.8 Å². The predicted octanol–water partition coefficient (Wildman–Crippen LogP) is 4.78. The highest BCUT2D eigenvalue weighted by Crippen LogP contribution is 2.16. The molecule has 0 aliphatic heterocycles. The molecule has 0 bridgehead atoms. The first-order chi connectivity index (χ1) is 12.6. The van der Waals surface area contributed by atoms with Gasteiger partial charge in [-0.2, -0.15) is 0 Å². The highest BCUT2D eigenvalue weighted by atomic mass is 16.5. The summed E-state index contributed by atoms with van der Waals surface area (Å²) in [5.41, 5.74) is 1.82. The molecule has 4 heteroatoms. The molecule has 0 heterocycles. The second-order valence-corrected chi connectivity index (χ2v) is 6.05. The molecule has 0 radical (unpaired) electrons. The van der Waals surface area contributed by atoms with Crippen molar-refractivity contribution < 1.29 is 19.4 Å². The zero-order chi connectivity index (χ0) is 18.8. The van der Waals surface area contributed by atoms with Crippen molar-refractivity contribution in [3.63, 3.8) is 0 Å². The Bertz CT molecular complexity index is 760. The zero-order valence-electron chi connectivity index (χ0n) is 15.0. The summed E-state index contributed by atoms with van der Waals surface area (Å²) in [7, 11) is 0. The number of ether oxygens (including phenoxy) is 1. The molecule has 1 N–H and O–H groups in total. The average Bonchev–Trinajstić information content (AvgIpc) is 2.64. The van der Waals surface area contributed by atoms with Crippen molar-refractivity contribution >= 4 is 17.8 Å². The van der Waals surface area contributed by atoms with Crippen molar-refractivity contribution in [3.05, 3.63) is 71.3 Å². The summed E-state index contributed by atoms with van der Waals surface area (Å²) in [4.78, 5) is 23.3. The van der Waals surface area contributed by atoms with Crippen LogP contribution in [0, 0.1) is 0 Å². The van der Waals surface area contributed by atoms with E-state index in [1.807, 2.05) is 24.3 Å². The van der Waals surface area contributed by atoms with Gasteiger partial charge in [-0.15, -0.1) is 0 Å². The fourth-order valence-corrected chi connectivity index (χ4v) is 2.56. The number of carbonyl (C=O) groups excluding carboxylic acids is 1. The van der Waals surface area contributed by atoms with Gasteiger partial charge in [0.2, 0.25) is 0 Å². The minimum atomic E-state index is -0.955. The van der Waals surface area contributed by atoms with Gasteiger partial charge in [-0.25, -0.2) is 0 Å². The van der Waals surface area contributed by atoms with Gasteiger partial charge in [-0.3, -0.25) is 9.59 Å². The lowest BCUT2D eigenvalue weighted by Crippen LogP contribution is -2.06. The van der Waals surface area contributed by atoms with Crippen LogP contribution in [0.4, 0.5) is 0 Å². The fourth-order valence-electron chi connectivity index (χ4n) is 2.56. The van der Waals surface area contributed by atoms with E-state index in [9.17, 15) is 9.59 Å². The maximum Gasteiger partial charge on any atom is 0.307 e. The second-order valence-electron chi connectivity index (χ2n) is 6.05. The molecule has 0 saturated heterocycles. The standard InChI is InChI=1S/C22H24O4/c1-2-3-6-15-26-19-12-9-17(10-13-19)11-14-21(23)20-8-5-4-7-18(20)16-22(24)25/h4-5,7-14H,2-3,6,15-16H2,1H3,(H,24,25). The third-order valence-electron chi connectivity index (χ3n) is 3.95. The van der Waals surface area contributed by atoms with E-state index in [2.05, 4.69) is 6.92 Å². The number of carboxylic acid groups (broad SMARTS) is 1. The Balaban J connectivity index is 1.99. The van der Waals surface area contributed by atoms with Gasteiger partial charge >= 0.3 is 5.97 Å². The minimum absolute atomic E-state index is 0.167. The lowest BCUT2D eigenvalue weighted by Gasteiger charge is -2.06. The number of carboxylic acids is 1. The summed E-state index contributed by atoms with van der Waals surface area (Å²) < 4.78 is 5.66. The van der Waals surface area contributed by atoms with Crippen LogP contribution >= 0.6 is 0 Å². The lowest BCUT2D eigenvalue weighted by atomic mass is 10.0. The highest BCUT2D eigenvalue weighted by Gasteiger charge is 2.10. The number of carbonyl (C=O) groups is 2. The Morgan fingerprint density at radius 3 is 2.46 bits per heavy atom. The number of allylic oxidation sites excluding steroid dienone is 1. The molecule has 0 amide bonds. The first-order valence-corrected chi connectivity index (χ1v) is 8.85. The molecule has 2 rings (SSSR count). The molecular weight excluding hydrogens is 328 g/mol. The lowest BCUT2D eigenvalue weighted by molar-refractivity contribution is -0.136. The number of rotatable bonds is 10. The van der Waals surface area contributed by atoms with Gasteiger partial charge in [0.15, 0.2) is 5.78 Å². The monoisotopic (exact) mass is 352 g/mol. The van der Waals surface area contributed by atoms with E-state index in [-0.39, 0.29) is 12.2 Å². The van der Waals surface area contributed by atoms with E-state index >= 15 is 0 Å². The topological polar surface area (TPSA) is 63.6 Å². The van der Waals surface area contributed by atoms with Gasteiger partial charge in [0.05, 0.1) is 13.0 Å². The molecular formula is C22H24O4. The Morgan fingerprint density at radius 1 is 1.04 bits per heavy atom. The number of unbranched alkanes of at least 4 members (excludes halogenated alkanes) is 2. The van der Waals surface area contributed by atoms with E-state index < -0.39 is 5.97 Å². The average molecular weight is 352 g/mol. The van der Waals surface area contributed by atoms with Gasteiger partial charge in [0.1, 0.15) is 5.75 Å². The van der Waals surface area contributed by atoms with Crippen molar-refractivity contribution in [2.24, 2.45) is 0 Å². The van der Waals surface area contributed by atoms with Crippen LogP contribution in [0.3, 0.4) is 0 Å². The molecule has 26 heavy (non-hydrogen) atoms. The molecule has 0 saturated carbocycles. The van der Waals surface area contributed by atoms with E-state index in [4.69, 9.17) is 9.84 Å². The summed E-state index contributed by atoms with van der Waals surface area (Å²) in [5.74, 6) is -0.345. The third-order valence-corrected chi connectivity index (χ3v) is 3.95. The molecule has 0 unspecified atom stereocenters. The fraction of sp³-hybridized carbons (Fsp3) is 0.273. The summed E-state index contributed by atoms with van der Waals surface area (Å²) in [6.45, 7) is 2.87. The summed E-state index contributed by atoms with van der Waals surface area (Å²) >= 11 is 0. The van der Waals surface area contributed by atoms with Crippen LogP contribution in [0.25, 0.3) is 6.08 Å². The normalized spacial score (nSPS) is 10.8. The third kappa shape index (κ3) is 6.20. The molecule has 136 valence electrons. The van der Waals surface area contributed by atoms with Crippen molar-refractivity contribution in [1.82, 2.24) is 0 Å². The van der Waals surface area contributed by atoms with Crippen molar-refractivity contribution in [2.45, 2.75) is 32.6 Å². The van der Waals surface area contributed by atoms with Crippen LogP contribution in [0.1, 0.15) is 47.7 Å². The van der Waals surface area contributed by atoms with Crippen molar-refractivity contribution in [1.29, 1.82) is 0 Å². The molecule has 0 aromatic heterocycles. The first kappa shape index (κ1) is 19.4. The molecule has 2 aromatic rings. The van der Waals surface area contributed by atoms with Crippen LogP contribution in [0.5, 0.6) is 5.75 Å². The highest BCUT2D eigenvalue weighted by molar-refractivity contribution is 6.08. The van der Waals surface area contributed by atoms with Gasteiger partial charge < -0.3 is 9.84 Å². The summed E-state index contributed by atoms with van der Waals surface area (Å²) in [6.07, 6.45) is 6.39. The number of aliphatic carboxylic acids is 1. The molecule has 0 atom stereocenters. The van der Waals surface area contributed by atoms with Gasteiger partial charge in [0.25, 0.3) is 0 Å². The SMILES string of the molecule is CCCCCOc1ccc(C=CC(=O)c2ccccc2CC(=O)O)cc1. The van der Waals surface area contributed by atoms with Gasteiger partial charge in [-0.1, -0.05) is 62.2 Å². The van der Waals surface area contributed by atoms with E-state index in [1.54, 1.807) is 30.3 Å². The first-order valence-electron chi connectivity index (χ1n) is 8.85. The zero-order valence-corrected chi connectivity index (χ0v) is 15.0. The van der Waals surface area contributed by atoms with Gasteiger partial charge in [0, 0.05) is 5.56 Å². The number of hydrogen-bond acceptors (Lipinski definition) is 3. The molecule has 0 spiro atoms. The maximum absolute atomic E-state index is 12.4. The van der Waals surface area contributed by atoms with Crippen LogP contribution in [0.2, 0.25) is 0 Å². The predicted molar refractivity (Wildman–Crippen MR) is 103 cm³/mol. The second kappa shape index (κ2) is 10.2. The molecule has 4 nitrogen and oxygen atoms in total. The molecule has 0 aliphatic rings. The van der Waals surface area contributed by atoms with E-state index in [0.717, 1.165) is 30.6 Å².